The molecule has 0 saturated heterocycles. The summed E-state index contributed by atoms with van der Waals surface area (Å²) in [6, 6.07) is 18.7. The average Bonchev–Trinajstić information content (AvgIpc) is 3.01. The van der Waals surface area contributed by atoms with E-state index in [0.29, 0.717) is 22.0 Å². The highest BCUT2D eigenvalue weighted by Gasteiger charge is 2.27. The number of benzene rings is 4. The van der Waals surface area contributed by atoms with Crippen LogP contribution >= 0.6 is 11.8 Å². The van der Waals surface area contributed by atoms with Crippen LogP contribution in [0.1, 0.15) is 16.7 Å². The Hall–Kier alpha value is -4.86. The van der Waals surface area contributed by atoms with Gasteiger partial charge in [-0.1, -0.05) is 41.6 Å². The molecule has 0 fully saturated rings. The van der Waals surface area contributed by atoms with Gasteiger partial charge in [0.15, 0.2) is 9.84 Å². The smallest absolute Gasteiger partial charge is 0.339 e. The van der Waals surface area contributed by atoms with Crippen LogP contribution in [0.5, 0.6) is 17.2 Å². The SMILES string of the molecule is COc1cccc(OC)c1CS(=O)(=O)c1ccc2c(c1)NC(=O)/C(=C/c1ccc(OS(=O)(=O)c3ccc(C)cc3)c([N+](=O)[O-])c1)S2. The molecule has 1 amide bonds. The Labute approximate surface area is 269 Å². The number of thioether (sulfide) groups is 1. The van der Waals surface area contributed by atoms with Gasteiger partial charge in [-0.3, -0.25) is 14.9 Å². The number of carbonyl (C=O) groups excluding carboxylic acids is 1. The minimum Gasteiger partial charge on any atom is -0.496 e. The third-order valence-electron chi connectivity index (χ3n) is 6.85. The van der Waals surface area contributed by atoms with Gasteiger partial charge in [0, 0.05) is 11.0 Å². The predicted octanol–water partition coefficient (Wildman–Crippen LogP) is 5.75. The molecule has 1 aliphatic rings. The normalized spacial score (nSPS) is 13.9. The maximum Gasteiger partial charge on any atom is 0.339 e. The maximum atomic E-state index is 13.4. The van der Waals surface area contributed by atoms with Gasteiger partial charge in [0.25, 0.3) is 5.91 Å². The lowest BCUT2D eigenvalue weighted by Crippen LogP contribution is -2.18. The second-order valence-electron chi connectivity index (χ2n) is 9.96. The van der Waals surface area contributed by atoms with Crippen molar-refractivity contribution in [2.45, 2.75) is 27.4 Å². The second-order valence-corrected chi connectivity index (χ2v) is 14.6. The number of aryl methyl sites for hydroxylation is 1. The van der Waals surface area contributed by atoms with E-state index in [1.165, 1.54) is 50.6 Å². The number of fused-ring (bicyclic) bond motifs is 1. The summed E-state index contributed by atoms with van der Waals surface area (Å²) in [5, 5.41) is 14.5. The lowest BCUT2D eigenvalue weighted by molar-refractivity contribution is -0.385. The molecule has 0 unspecified atom stereocenters. The fourth-order valence-corrected chi connectivity index (χ4v) is 7.82. The zero-order valence-corrected chi connectivity index (χ0v) is 27.0. The van der Waals surface area contributed by atoms with E-state index in [2.05, 4.69) is 5.32 Å². The lowest BCUT2D eigenvalue weighted by atomic mass is 10.1. The predicted molar refractivity (Wildman–Crippen MR) is 171 cm³/mol. The fourth-order valence-electron chi connectivity index (χ4n) is 4.54. The van der Waals surface area contributed by atoms with Crippen LogP contribution in [-0.2, 0) is 30.5 Å². The summed E-state index contributed by atoms with van der Waals surface area (Å²) in [5.41, 5.74) is 1.07. The zero-order valence-electron chi connectivity index (χ0n) is 24.5. The van der Waals surface area contributed by atoms with Crippen LogP contribution in [0.4, 0.5) is 11.4 Å². The first-order chi connectivity index (χ1) is 21.8. The number of rotatable bonds is 10. The van der Waals surface area contributed by atoms with E-state index in [-0.39, 0.29) is 25.9 Å². The molecule has 12 nitrogen and oxygen atoms in total. The standard InChI is InChI=1S/C31H26N2O10S3/c1-19-7-10-21(11-8-19)46(39,40)43-28-13-9-20(15-25(28)33(35)36)16-30-31(34)32-24-17-22(12-14-29(24)44-30)45(37,38)18-23-26(41-2)5-4-6-27(23)42-3/h4-17H,18H2,1-3H3,(H,32,34)/b30-16-. The average molecular weight is 683 g/mol. The fraction of sp³-hybridized carbons (Fsp3) is 0.129. The Morgan fingerprint density at radius 2 is 1.52 bits per heavy atom. The molecule has 15 heteroatoms. The first kappa shape index (κ1) is 32.5. The number of sulfone groups is 1. The molecule has 0 saturated carbocycles. The van der Waals surface area contributed by atoms with E-state index in [9.17, 15) is 31.7 Å². The van der Waals surface area contributed by atoms with E-state index >= 15 is 0 Å². The van der Waals surface area contributed by atoms with Crippen LogP contribution in [-0.4, -0.2) is 41.9 Å². The number of nitrogens with zero attached hydrogens (tertiary/aromatic N) is 1. The Kier molecular flexibility index (Phi) is 9.10. The van der Waals surface area contributed by atoms with Crippen molar-refractivity contribution in [2.24, 2.45) is 0 Å². The quantitative estimate of drug-likeness (QED) is 0.0936. The minimum absolute atomic E-state index is 0.0284. The van der Waals surface area contributed by atoms with Crippen LogP contribution in [0, 0.1) is 17.0 Å². The summed E-state index contributed by atoms with van der Waals surface area (Å²) in [5.74, 6) is -0.753. The molecule has 1 heterocycles. The molecule has 238 valence electrons. The maximum absolute atomic E-state index is 13.4. The molecule has 1 N–H and O–H groups in total. The molecule has 0 radical (unpaired) electrons. The molecule has 0 spiro atoms. The van der Waals surface area contributed by atoms with Gasteiger partial charge < -0.3 is 19.0 Å². The number of nitro benzene ring substituents is 1. The summed E-state index contributed by atoms with van der Waals surface area (Å²) in [6.07, 6.45) is 1.40. The molecule has 46 heavy (non-hydrogen) atoms. The summed E-state index contributed by atoms with van der Waals surface area (Å²) in [6.45, 7) is 1.78. The van der Waals surface area contributed by atoms with Gasteiger partial charge in [-0.15, -0.1) is 0 Å². The highest BCUT2D eigenvalue weighted by atomic mass is 32.2. The van der Waals surface area contributed by atoms with Crippen molar-refractivity contribution in [3.63, 3.8) is 0 Å². The van der Waals surface area contributed by atoms with Crippen molar-refractivity contribution >= 4 is 55.1 Å². The molecule has 0 atom stereocenters. The third kappa shape index (κ3) is 6.85. The van der Waals surface area contributed by atoms with E-state index in [0.717, 1.165) is 29.5 Å². The van der Waals surface area contributed by atoms with Crippen molar-refractivity contribution in [2.75, 3.05) is 19.5 Å². The topological polar surface area (TPSA) is 168 Å². The van der Waals surface area contributed by atoms with E-state index < -0.39 is 48.0 Å². The van der Waals surface area contributed by atoms with Crippen LogP contribution in [0.2, 0.25) is 0 Å². The van der Waals surface area contributed by atoms with Gasteiger partial charge in [-0.05, 0) is 67.1 Å². The van der Waals surface area contributed by atoms with Crippen molar-refractivity contribution in [3.05, 3.63) is 111 Å². The van der Waals surface area contributed by atoms with Crippen LogP contribution < -0.4 is 19.0 Å². The first-order valence-electron chi connectivity index (χ1n) is 13.4. The van der Waals surface area contributed by atoms with Gasteiger partial charge in [0.2, 0.25) is 5.75 Å². The molecular weight excluding hydrogens is 657 g/mol. The Morgan fingerprint density at radius 1 is 0.870 bits per heavy atom. The molecule has 4 aromatic carbocycles. The van der Waals surface area contributed by atoms with Crippen LogP contribution in [0.15, 0.2) is 98.5 Å². The largest absolute Gasteiger partial charge is 0.496 e. The number of nitrogens with one attached hydrogen (secondary N) is 1. The number of anilines is 1. The van der Waals surface area contributed by atoms with Crippen LogP contribution in [0.3, 0.4) is 0 Å². The Bertz CT molecular complexity index is 2090. The molecule has 0 aromatic heterocycles. The number of methoxy groups -OCH3 is 2. The molecule has 1 aliphatic heterocycles. The highest BCUT2D eigenvalue weighted by molar-refractivity contribution is 8.04. The summed E-state index contributed by atoms with van der Waals surface area (Å²) in [4.78, 5) is 24.6. The number of ether oxygens (including phenoxy) is 2. The third-order valence-corrected chi connectivity index (χ3v) is 10.8. The number of carbonyl (C=O) groups is 1. The van der Waals surface area contributed by atoms with Gasteiger partial charge in [0.1, 0.15) is 16.4 Å². The molecule has 0 bridgehead atoms. The van der Waals surface area contributed by atoms with Crippen LogP contribution in [0.25, 0.3) is 6.08 Å². The van der Waals surface area contributed by atoms with Crippen molar-refractivity contribution in [1.29, 1.82) is 0 Å². The number of hydrogen-bond acceptors (Lipinski definition) is 11. The van der Waals surface area contributed by atoms with Gasteiger partial charge in [-0.25, -0.2) is 8.42 Å². The first-order valence-corrected chi connectivity index (χ1v) is 17.3. The van der Waals surface area contributed by atoms with Crippen molar-refractivity contribution in [3.8, 4) is 17.2 Å². The van der Waals surface area contributed by atoms with Gasteiger partial charge in [-0.2, -0.15) is 8.42 Å². The highest BCUT2D eigenvalue weighted by Crippen LogP contribution is 2.41. The van der Waals surface area contributed by atoms with E-state index in [1.54, 1.807) is 43.3 Å². The number of hydrogen-bond donors (Lipinski definition) is 1. The van der Waals surface area contributed by atoms with Gasteiger partial charge >= 0.3 is 15.8 Å². The Morgan fingerprint density at radius 3 is 2.15 bits per heavy atom. The second kappa shape index (κ2) is 12.9. The molecule has 0 aliphatic carbocycles. The number of amides is 1. The van der Waals surface area contributed by atoms with E-state index in [1.807, 2.05) is 0 Å². The van der Waals surface area contributed by atoms with Crippen molar-refractivity contribution < 1.29 is 40.2 Å². The lowest BCUT2D eigenvalue weighted by Gasteiger charge is -2.20. The van der Waals surface area contributed by atoms with Crippen molar-refractivity contribution in [1.82, 2.24) is 0 Å². The summed E-state index contributed by atoms with van der Waals surface area (Å²) < 4.78 is 67.9. The molecule has 4 aromatic rings. The Balaban J connectivity index is 1.39. The molecular formula is C31H26N2O10S3. The van der Waals surface area contributed by atoms with Gasteiger partial charge in [0.05, 0.1) is 45.9 Å². The molecule has 5 rings (SSSR count). The summed E-state index contributed by atoms with van der Waals surface area (Å²) in [7, 11) is -5.39. The monoisotopic (exact) mass is 682 g/mol. The zero-order chi connectivity index (χ0) is 33.2. The number of nitro groups is 1. The summed E-state index contributed by atoms with van der Waals surface area (Å²) >= 11 is 1.04. The minimum atomic E-state index is -4.35. The van der Waals surface area contributed by atoms with E-state index in [4.69, 9.17) is 13.7 Å².